The number of nitrogens with two attached hydrogens (primary N) is 2. The van der Waals surface area contributed by atoms with Gasteiger partial charge in [0.05, 0.1) is 36.7 Å². The summed E-state index contributed by atoms with van der Waals surface area (Å²) < 4.78 is 10.5. The van der Waals surface area contributed by atoms with E-state index in [1.54, 1.807) is 18.2 Å². The fourth-order valence-corrected chi connectivity index (χ4v) is 8.54. The van der Waals surface area contributed by atoms with E-state index in [1.807, 2.05) is 24.3 Å². The van der Waals surface area contributed by atoms with Gasteiger partial charge in [-0.3, -0.25) is 28.9 Å². The molecule has 0 spiro atoms. The van der Waals surface area contributed by atoms with Crippen LogP contribution in [-0.4, -0.2) is 99.8 Å². The maximum absolute atomic E-state index is 13.4. The topological polar surface area (TPSA) is 284 Å². The number of esters is 1. The molecule has 0 unspecified atom stereocenters. The first kappa shape index (κ1) is 47.7. The minimum absolute atomic E-state index is 0.00828. The maximum Gasteiger partial charge on any atom is 0.407 e. The zero-order chi connectivity index (χ0) is 49.3. The molecule has 4 aromatic carbocycles. The van der Waals surface area contributed by atoms with Crippen LogP contribution >= 0.6 is 0 Å². The van der Waals surface area contributed by atoms with Gasteiger partial charge in [0, 0.05) is 42.4 Å². The van der Waals surface area contributed by atoms with Crippen molar-refractivity contribution < 1.29 is 43.0 Å². The van der Waals surface area contributed by atoms with Crippen LogP contribution in [0.3, 0.4) is 0 Å². The van der Waals surface area contributed by atoms with Crippen molar-refractivity contribution in [3.8, 4) is 11.1 Å². The second kappa shape index (κ2) is 21.4. The molecule has 6 aromatic rings. The number of hydrogen-bond donors (Lipinski definition) is 5. The molecule has 1 aliphatic heterocycles. The molecule has 7 N–H and O–H groups in total. The Kier molecular flexibility index (Phi) is 14.6. The van der Waals surface area contributed by atoms with Crippen molar-refractivity contribution in [1.29, 1.82) is 0 Å². The summed E-state index contributed by atoms with van der Waals surface area (Å²) >= 11 is 0. The van der Waals surface area contributed by atoms with E-state index in [2.05, 4.69) is 60.2 Å². The normalized spacial score (nSPS) is 13.0. The smallest absolute Gasteiger partial charge is 0.407 e. The van der Waals surface area contributed by atoms with Crippen LogP contribution in [0.15, 0.2) is 97.2 Å². The van der Waals surface area contributed by atoms with Crippen molar-refractivity contribution in [2.24, 2.45) is 0 Å². The number of benzene rings is 4. The number of hydrogen-bond acceptors (Lipinski definition) is 15. The molecule has 2 aromatic heterocycles. The number of nitrogens with zero attached hydrogens (tertiary/aromatic N) is 6. The van der Waals surface area contributed by atoms with Crippen LogP contribution in [-0.2, 0) is 30.4 Å². The standard InChI is InChI=1S/C50H49N11O9/c1-69-48(67)40(57-45(64)29-16-19-32(20-17-29)60(28-62)26-31-25-54-44-42(56-31)43(51)58-49(52)59-44)14-9-23-61-46(65)37-21-18-30(24-38(37)47(61)66)55-41(63)15-3-2-8-22-53-50(68)70-27-39-35-12-6-4-10-33(35)34-11-5-7-13-36(34)39/h4-7,10-13,16-21,24-25,28,39-40H,2-3,8-9,14-15,22-23,26-27H2,1H3,(H,53,68)(H,55,63)(H,57,64)(H4,51,52,54,58,59)/t40-/m0/s1. The summed E-state index contributed by atoms with van der Waals surface area (Å²) in [5, 5.41) is 8.24. The number of imide groups is 1. The molecule has 1 aliphatic carbocycles. The lowest BCUT2D eigenvalue weighted by Gasteiger charge is -2.19. The van der Waals surface area contributed by atoms with E-state index in [-0.39, 0.29) is 90.4 Å². The second-order valence-corrected chi connectivity index (χ2v) is 16.6. The molecular formula is C50H49N11O9. The Hall–Kier alpha value is -8.81. The number of methoxy groups -OCH3 is 1. The van der Waals surface area contributed by atoms with E-state index in [4.69, 9.17) is 20.9 Å². The molecule has 3 heterocycles. The zero-order valence-electron chi connectivity index (χ0n) is 38.1. The number of nitrogens with one attached hydrogen (secondary N) is 3. The van der Waals surface area contributed by atoms with E-state index in [0.717, 1.165) is 27.2 Å². The number of amides is 6. The van der Waals surface area contributed by atoms with Crippen LogP contribution in [0.1, 0.15) is 92.3 Å². The minimum Gasteiger partial charge on any atom is -0.467 e. The predicted octanol–water partition coefficient (Wildman–Crippen LogP) is 5.13. The van der Waals surface area contributed by atoms with Crippen LogP contribution in [0.5, 0.6) is 0 Å². The highest BCUT2D eigenvalue weighted by atomic mass is 16.5. The van der Waals surface area contributed by atoms with Gasteiger partial charge in [0.25, 0.3) is 17.7 Å². The number of fused-ring (bicyclic) bond motifs is 5. The van der Waals surface area contributed by atoms with E-state index in [1.165, 1.54) is 42.5 Å². The van der Waals surface area contributed by atoms with Gasteiger partial charge in [-0.05, 0) is 90.4 Å². The fraction of sp³-hybridized carbons (Fsp3) is 0.260. The average molecular weight is 948 g/mol. The first-order valence-electron chi connectivity index (χ1n) is 22.6. The van der Waals surface area contributed by atoms with E-state index in [0.29, 0.717) is 49.3 Å². The Labute approximate surface area is 401 Å². The molecule has 1 atom stereocenters. The minimum atomic E-state index is -1.11. The maximum atomic E-state index is 13.4. The molecule has 0 fully saturated rings. The van der Waals surface area contributed by atoms with Gasteiger partial charge in [-0.25, -0.2) is 19.6 Å². The molecule has 6 amide bonds. The highest BCUT2D eigenvalue weighted by molar-refractivity contribution is 6.22. The van der Waals surface area contributed by atoms with E-state index < -0.39 is 35.8 Å². The van der Waals surface area contributed by atoms with Crippen molar-refractivity contribution in [2.45, 2.75) is 57.0 Å². The molecule has 20 nitrogen and oxygen atoms in total. The van der Waals surface area contributed by atoms with Gasteiger partial charge in [0.15, 0.2) is 17.0 Å². The predicted molar refractivity (Wildman–Crippen MR) is 257 cm³/mol. The van der Waals surface area contributed by atoms with Crippen LogP contribution in [0.25, 0.3) is 22.3 Å². The molecular weight excluding hydrogens is 899 g/mol. The molecule has 2 aliphatic rings. The second-order valence-electron chi connectivity index (χ2n) is 16.6. The van der Waals surface area contributed by atoms with Crippen molar-refractivity contribution >= 4 is 76.4 Å². The highest BCUT2D eigenvalue weighted by Crippen LogP contribution is 2.44. The Morgan fingerprint density at radius 3 is 2.26 bits per heavy atom. The summed E-state index contributed by atoms with van der Waals surface area (Å²) in [4.78, 5) is 109. The number of carbonyl (C=O) groups is 7. The van der Waals surface area contributed by atoms with Crippen LogP contribution < -0.4 is 32.3 Å². The van der Waals surface area contributed by atoms with Gasteiger partial charge in [-0.1, -0.05) is 55.0 Å². The molecule has 0 radical (unpaired) electrons. The Bertz CT molecular complexity index is 2960. The van der Waals surface area contributed by atoms with Gasteiger partial charge in [-0.15, -0.1) is 0 Å². The van der Waals surface area contributed by atoms with Crippen LogP contribution in [0.4, 0.5) is 27.9 Å². The van der Waals surface area contributed by atoms with E-state index in [9.17, 15) is 33.6 Å². The van der Waals surface area contributed by atoms with Crippen molar-refractivity contribution in [3.63, 3.8) is 0 Å². The molecule has 0 saturated carbocycles. The third-order valence-corrected chi connectivity index (χ3v) is 12.0. The number of alkyl carbamates (subject to hydrolysis) is 1. The van der Waals surface area contributed by atoms with Crippen LogP contribution in [0, 0.1) is 0 Å². The summed E-state index contributed by atoms with van der Waals surface area (Å²) in [7, 11) is 1.18. The number of ether oxygens (including phenoxy) is 2. The number of rotatable bonds is 20. The highest BCUT2D eigenvalue weighted by Gasteiger charge is 2.36. The Morgan fingerprint density at radius 2 is 1.54 bits per heavy atom. The van der Waals surface area contributed by atoms with Crippen molar-refractivity contribution in [2.75, 3.05) is 48.5 Å². The lowest BCUT2D eigenvalue weighted by molar-refractivity contribution is -0.143. The SMILES string of the molecule is COC(=O)[C@H](CCCN1C(=O)c2ccc(NC(=O)CCCCCNC(=O)OCC3c4ccccc4-c4ccccc43)cc2C1=O)NC(=O)c1ccc(N(C=O)Cc2cnc3nc(N)nc(N)c3n2)cc1. The van der Waals surface area contributed by atoms with Gasteiger partial charge >= 0.3 is 12.1 Å². The van der Waals surface area contributed by atoms with Gasteiger partial charge in [-0.2, -0.15) is 9.97 Å². The summed E-state index contributed by atoms with van der Waals surface area (Å²) in [5.41, 5.74) is 18.2. The monoisotopic (exact) mass is 947 g/mol. The average Bonchev–Trinajstić information content (AvgIpc) is 3.81. The van der Waals surface area contributed by atoms with Crippen LogP contribution in [0.2, 0.25) is 0 Å². The Balaban J connectivity index is 0.753. The molecule has 358 valence electrons. The molecule has 0 saturated heterocycles. The number of anilines is 4. The quantitative estimate of drug-likeness (QED) is 0.0287. The van der Waals surface area contributed by atoms with Gasteiger partial charge < -0.3 is 41.8 Å². The first-order valence-corrected chi connectivity index (χ1v) is 22.6. The molecule has 70 heavy (non-hydrogen) atoms. The largest absolute Gasteiger partial charge is 0.467 e. The molecule has 20 heteroatoms. The molecule has 8 rings (SSSR count). The van der Waals surface area contributed by atoms with Crippen molar-refractivity contribution in [3.05, 3.63) is 131 Å². The Morgan fingerprint density at radius 1 is 0.829 bits per heavy atom. The third kappa shape index (κ3) is 10.6. The number of aromatic nitrogens is 4. The van der Waals surface area contributed by atoms with E-state index >= 15 is 0 Å². The lowest BCUT2D eigenvalue weighted by Crippen LogP contribution is -2.42. The fourth-order valence-electron chi connectivity index (χ4n) is 8.54. The summed E-state index contributed by atoms with van der Waals surface area (Å²) in [6.45, 7) is 0.570. The van der Waals surface area contributed by atoms with Gasteiger partial charge in [0.2, 0.25) is 18.3 Å². The summed E-state index contributed by atoms with van der Waals surface area (Å²) in [5.74, 6) is -2.72. The number of unbranched alkanes of at least 4 members (excludes halogenated alkanes) is 2. The first-order chi connectivity index (χ1) is 33.9. The van der Waals surface area contributed by atoms with Gasteiger partial charge in [0.1, 0.15) is 12.6 Å². The summed E-state index contributed by atoms with van der Waals surface area (Å²) in [6, 6.07) is 25.7. The number of nitrogen functional groups attached to an aromatic ring is 2. The number of carbonyl (C=O) groups excluding carboxylic acids is 7. The lowest BCUT2D eigenvalue weighted by atomic mass is 9.98. The summed E-state index contributed by atoms with van der Waals surface area (Å²) in [6.07, 6.45) is 3.78. The molecule has 0 bridgehead atoms. The zero-order valence-corrected chi connectivity index (χ0v) is 38.1. The third-order valence-electron chi connectivity index (χ3n) is 12.0. The van der Waals surface area contributed by atoms with Crippen molar-refractivity contribution in [1.82, 2.24) is 35.5 Å².